The van der Waals surface area contributed by atoms with E-state index in [0.717, 1.165) is 0 Å². The Morgan fingerprint density at radius 3 is 2.56 bits per heavy atom. The second-order valence-electron chi connectivity index (χ2n) is 3.61. The van der Waals surface area contributed by atoms with Crippen molar-refractivity contribution in [1.29, 1.82) is 0 Å². The van der Waals surface area contributed by atoms with E-state index in [4.69, 9.17) is 0 Å². The summed E-state index contributed by atoms with van der Waals surface area (Å²) >= 11 is 0. The summed E-state index contributed by atoms with van der Waals surface area (Å²) < 4.78 is 0. The maximum Gasteiger partial charge on any atom is 0.257 e. The van der Waals surface area contributed by atoms with Crippen molar-refractivity contribution < 1.29 is 9.59 Å². The first-order chi connectivity index (χ1) is 7.65. The Morgan fingerprint density at radius 2 is 2.00 bits per heavy atom. The molecule has 0 aliphatic heterocycles. The molecule has 0 radical (unpaired) electrons. The Labute approximate surface area is 95.2 Å². The second-order valence-corrected chi connectivity index (χ2v) is 3.61. The van der Waals surface area contributed by atoms with Crippen LogP contribution >= 0.6 is 0 Å². The van der Waals surface area contributed by atoms with Crippen LogP contribution in [0.15, 0.2) is 43.0 Å². The number of imide groups is 1. The lowest BCUT2D eigenvalue weighted by Gasteiger charge is -2.08. The smallest absolute Gasteiger partial charge is 0.257 e. The Kier molecular flexibility index (Phi) is 4.45. The summed E-state index contributed by atoms with van der Waals surface area (Å²) in [5.41, 5.74) is 0.488. The van der Waals surface area contributed by atoms with Crippen molar-refractivity contribution in [3.8, 4) is 0 Å². The maximum atomic E-state index is 11.6. The standard InChI is InChI=1S/C13H15NO2/c1-3-7-10(2)12(15)14-13(16)11-8-5-4-6-9-11/h3-6,8-10H,1,7H2,2H3,(H,14,15,16)/t10-/m0/s1. The van der Waals surface area contributed by atoms with Gasteiger partial charge in [-0.3, -0.25) is 14.9 Å². The van der Waals surface area contributed by atoms with Crippen LogP contribution in [0.5, 0.6) is 0 Å². The van der Waals surface area contributed by atoms with Gasteiger partial charge in [0, 0.05) is 11.5 Å². The summed E-state index contributed by atoms with van der Waals surface area (Å²) in [7, 11) is 0. The molecule has 1 atom stereocenters. The van der Waals surface area contributed by atoms with Crippen LogP contribution in [0.1, 0.15) is 23.7 Å². The average molecular weight is 217 g/mol. The molecule has 0 unspecified atom stereocenters. The summed E-state index contributed by atoms with van der Waals surface area (Å²) in [6.45, 7) is 5.31. The topological polar surface area (TPSA) is 46.2 Å². The van der Waals surface area contributed by atoms with E-state index >= 15 is 0 Å². The van der Waals surface area contributed by atoms with E-state index in [0.29, 0.717) is 12.0 Å². The minimum absolute atomic E-state index is 0.231. The normalized spacial score (nSPS) is 11.6. The third-order valence-electron chi connectivity index (χ3n) is 2.24. The summed E-state index contributed by atoms with van der Waals surface area (Å²) in [6.07, 6.45) is 2.23. The molecule has 0 aliphatic rings. The van der Waals surface area contributed by atoms with E-state index in [1.165, 1.54) is 0 Å². The molecule has 0 saturated heterocycles. The highest BCUT2D eigenvalue weighted by Gasteiger charge is 2.15. The quantitative estimate of drug-likeness (QED) is 0.785. The minimum atomic E-state index is -0.360. The van der Waals surface area contributed by atoms with Crippen LogP contribution in [0.4, 0.5) is 0 Å². The third-order valence-corrected chi connectivity index (χ3v) is 2.24. The van der Waals surface area contributed by atoms with Crippen LogP contribution in [-0.2, 0) is 4.79 Å². The first-order valence-electron chi connectivity index (χ1n) is 5.16. The molecule has 0 aromatic heterocycles. The first kappa shape index (κ1) is 12.2. The molecular weight excluding hydrogens is 202 g/mol. The van der Waals surface area contributed by atoms with E-state index in [1.807, 2.05) is 6.07 Å². The molecule has 3 heteroatoms. The molecule has 0 bridgehead atoms. The molecule has 0 saturated carbocycles. The lowest BCUT2D eigenvalue weighted by atomic mass is 10.1. The maximum absolute atomic E-state index is 11.6. The van der Waals surface area contributed by atoms with Gasteiger partial charge in [0.25, 0.3) is 5.91 Å². The van der Waals surface area contributed by atoms with Gasteiger partial charge >= 0.3 is 0 Å². The predicted molar refractivity (Wildman–Crippen MR) is 62.9 cm³/mol. The molecule has 1 aromatic carbocycles. The molecule has 0 heterocycles. The molecule has 0 aliphatic carbocycles. The molecule has 0 fully saturated rings. The second kappa shape index (κ2) is 5.85. The monoisotopic (exact) mass is 217 g/mol. The first-order valence-corrected chi connectivity index (χ1v) is 5.16. The van der Waals surface area contributed by atoms with Gasteiger partial charge in [-0.05, 0) is 18.6 Å². The van der Waals surface area contributed by atoms with Crippen LogP contribution in [0, 0.1) is 5.92 Å². The van der Waals surface area contributed by atoms with Crippen LogP contribution in [0.25, 0.3) is 0 Å². The fourth-order valence-electron chi connectivity index (χ4n) is 1.25. The Morgan fingerprint density at radius 1 is 1.38 bits per heavy atom. The number of allylic oxidation sites excluding steroid dienone is 1. The molecule has 0 spiro atoms. The molecule has 2 amide bonds. The van der Waals surface area contributed by atoms with Gasteiger partial charge < -0.3 is 0 Å². The molecule has 16 heavy (non-hydrogen) atoms. The fourth-order valence-corrected chi connectivity index (χ4v) is 1.25. The minimum Gasteiger partial charge on any atom is -0.292 e. The third kappa shape index (κ3) is 3.35. The van der Waals surface area contributed by atoms with Crippen molar-refractivity contribution in [3.63, 3.8) is 0 Å². The van der Waals surface area contributed by atoms with E-state index in [-0.39, 0.29) is 17.7 Å². The van der Waals surface area contributed by atoms with E-state index in [9.17, 15) is 9.59 Å². The number of nitrogens with one attached hydrogen (secondary N) is 1. The van der Waals surface area contributed by atoms with Gasteiger partial charge in [-0.1, -0.05) is 31.2 Å². The van der Waals surface area contributed by atoms with Gasteiger partial charge in [0.05, 0.1) is 0 Å². The molecule has 3 nitrogen and oxygen atoms in total. The number of carbonyl (C=O) groups excluding carboxylic acids is 2. The average Bonchev–Trinajstić information content (AvgIpc) is 2.30. The van der Waals surface area contributed by atoms with E-state index in [1.54, 1.807) is 37.3 Å². The zero-order valence-electron chi connectivity index (χ0n) is 9.27. The molecular formula is C13H15NO2. The zero-order valence-corrected chi connectivity index (χ0v) is 9.27. The summed E-state index contributed by atoms with van der Waals surface area (Å²) in [6, 6.07) is 8.67. The molecule has 1 aromatic rings. The number of amides is 2. The highest BCUT2D eigenvalue weighted by Crippen LogP contribution is 2.03. The summed E-state index contributed by atoms with van der Waals surface area (Å²) in [4.78, 5) is 23.1. The Bertz CT molecular complexity index is 384. The lowest BCUT2D eigenvalue weighted by molar-refractivity contribution is -0.123. The number of rotatable bonds is 4. The molecule has 1 rings (SSSR count). The van der Waals surface area contributed by atoms with Crippen LogP contribution in [-0.4, -0.2) is 11.8 Å². The molecule has 84 valence electrons. The van der Waals surface area contributed by atoms with Crippen LogP contribution in [0.2, 0.25) is 0 Å². The Hall–Kier alpha value is -1.90. The van der Waals surface area contributed by atoms with Crippen molar-refractivity contribution >= 4 is 11.8 Å². The predicted octanol–water partition coefficient (Wildman–Crippen LogP) is 2.16. The van der Waals surface area contributed by atoms with Gasteiger partial charge in [-0.25, -0.2) is 0 Å². The molecule has 1 N–H and O–H groups in total. The SMILES string of the molecule is C=CC[C@H](C)C(=O)NC(=O)c1ccccc1. The number of hydrogen-bond donors (Lipinski definition) is 1. The number of carbonyl (C=O) groups is 2. The summed E-state index contributed by atoms with van der Waals surface area (Å²) in [5.74, 6) is -0.861. The summed E-state index contributed by atoms with van der Waals surface area (Å²) in [5, 5.41) is 2.36. The van der Waals surface area contributed by atoms with Crippen LogP contribution in [0.3, 0.4) is 0 Å². The van der Waals surface area contributed by atoms with Crippen molar-refractivity contribution in [1.82, 2.24) is 5.32 Å². The van der Waals surface area contributed by atoms with Gasteiger partial charge in [0.1, 0.15) is 0 Å². The van der Waals surface area contributed by atoms with Crippen molar-refractivity contribution in [2.45, 2.75) is 13.3 Å². The highest BCUT2D eigenvalue weighted by atomic mass is 16.2. The van der Waals surface area contributed by atoms with E-state index < -0.39 is 0 Å². The van der Waals surface area contributed by atoms with Crippen molar-refractivity contribution in [2.75, 3.05) is 0 Å². The van der Waals surface area contributed by atoms with Gasteiger partial charge in [0.2, 0.25) is 5.91 Å². The van der Waals surface area contributed by atoms with E-state index in [2.05, 4.69) is 11.9 Å². The lowest BCUT2D eigenvalue weighted by Crippen LogP contribution is -2.34. The fraction of sp³-hybridized carbons (Fsp3) is 0.231. The highest BCUT2D eigenvalue weighted by molar-refractivity contribution is 6.05. The van der Waals surface area contributed by atoms with Crippen LogP contribution < -0.4 is 5.32 Å². The van der Waals surface area contributed by atoms with Gasteiger partial charge in [-0.15, -0.1) is 6.58 Å². The largest absolute Gasteiger partial charge is 0.292 e. The number of hydrogen-bond acceptors (Lipinski definition) is 2. The van der Waals surface area contributed by atoms with Crippen molar-refractivity contribution in [2.24, 2.45) is 5.92 Å². The van der Waals surface area contributed by atoms with Gasteiger partial charge in [-0.2, -0.15) is 0 Å². The zero-order chi connectivity index (χ0) is 12.0. The van der Waals surface area contributed by atoms with Gasteiger partial charge in [0.15, 0.2) is 0 Å². The number of benzene rings is 1. The van der Waals surface area contributed by atoms with Crippen molar-refractivity contribution in [3.05, 3.63) is 48.6 Å². The Balaban J connectivity index is 2.58.